The molecular formula is C19H19ClN2OS. The molecule has 3 nitrogen and oxygen atoms in total. The van der Waals surface area contributed by atoms with E-state index < -0.39 is 5.91 Å². The molecule has 0 fully saturated rings. The number of hydrogen-bond acceptors (Lipinski definition) is 3. The number of carbonyl (C=O) groups is 1. The SMILES string of the molecule is Cc1nc2sc3c(c2c(-c2ccccc2)c1C(N)=O)CCCC3.Cl. The van der Waals surface area contributed by atoms with Crippen LogP contribution in [0.25, 0.3) is 21.3 Å². The fourth-order valence-corrected chi connectivity index (χ4v) is 4.91. The lowest BCUT2D eigenvalue weighted by Crippen LogP contribution is -2.15. The Balaban J connectivity index is 0.00000169. The molecule has 0 saturated heterocycles. The third-order valence-corrected chi connectivity index (χ3v) is 5.78. The van der Waals surface area contributed by atoms with Crippen molar-refractivity contribution >= 4 is 39.9 Å². The van der Waals surface area contributed by atoms with Crippen molar-refractivity contribution in [3.05, 3.63) is 52.0 Å². The average molecular weight is 359 g/mol. The summed E-state index contributed by atoms with van der Waals surface area (Å²) in [6.45, 7) is 1.88. The van der Waals surface area contributed by atoms with E-state index in [1.54, 1.807) is 11.3 Å². The first kappa shape index (κ1) is 16.9. The van der Waals surface area contributed by atoms with Crippen LogP contribution in [0.5, 0.6) is 0 Å². The summed E-state index contributed by atoms with van der Waals surface area (Å²) in [4.78, 5) is 19.3. The van der Waals surface area contributed by atoms with Crippen LogP contribution in [0.4, 0.5) is 0 Å². The molecule has 1 aliphatic rings. The zero-order chi connectivity index (χ0) is 16.0. The van der Waals surface area contributed by atoms with Gasteiger partial charge in [0.15, 0.2) is 0 Å². The molecule has 124 valence electrons. The fraction of sp³-hybridized carbons (Fsp3) is 0.263. The molecule has 1 aliphatic carbocycles. The fourth-order valence-electron chi connectivity index (χ4n) is 3.60. The van der Waals surface area contributed by atoms with Crippen LogP contribution in [0.2, 0.25) is 0 Å². The Labute approximate surface area is 151 Å². The standard InChI is InChI=1S/C19H18N2OS.ClH/c1-11-15(18(20)22)16(12-7-3-2-4-8-12)17-13-9-5-6-10-14(13)23-19(17)21-11;/h2-4,7-8H,5-6,9-10H2,1H3,(H2,20,22);1H. The summed E-state index contributed by atoms with van der Waals surface area (Å²) in [6, 6.07) is 10.1. The molecule has 2 aromatic heterocycles. The minimum atomic E-state index is -0.397. The van der Waals surface area contributed by atoms with Gasteiger partial charge in [-0.2, -0.15) is 0 Å². The summed E-state index contributed by atoms with van der Waals surface area (Å²) in [5.41, 5.74) is 10.4. The van der Waals surface area contributed by atoms with Crippen molar-refractivity contribution in [3.63, 3.8) is 0 Å². The summed E-state index contributed by atoms with van der Waals surface area (Å²) in [6.07, 6.45) is 4.63. The molecule has 0 atom stereocenters. The van der Waals surface area contributed by atoms with Crippen LogP contribution in [0.15, 0.2) is 30.3 Å². The van der Waals surface area contributed by atoms with E-state index in [4.69, 9.17) is 10.7 Å². The molecule has 24 heavy (non-hydrogen) atoms. The van der Waals surface area contributed by atoms with Crippen molar-refractivity contribution in [1.82, 2.24) is 4.98 Å². The van der Waals surface area contributed by atoms with Crippen molar-refractivity contribution in [3.8, 4) is 11.1 Å². The number of rotatable bonds is 2. The van der Waals surface area contributed by atoms with Crippen molar-refractivity contribution in [2.45, 2.75) is 32.6 Å². The molecule has 2 N–H and O–H groups in total. The number of carbonyl (C=O) groups excluding carboxylic acids is 1. The van der Waals surface area contributed by atoms with Crippen LogP contribution in [0.1, 0.15) is 39.3 Å². The van der Waals surface area contributed by atoms with Crippen molar-refractivity contribution in [2.75, 3.05) is 0 Å². The summed E-state index contributed by atoms with van der Waals surface area (Å²) < 4.78 is 0. The molecule has 4 rings (SSSR count). The highest BCUT2D eigenvalue weighted by Gasteiger charge is 2.25. The lowest BCUT2D eigenvalue weighted by atomic mass is 9.89. The van der Waals surface area contributed by atoms with E-state index >= 15 is 0 Å². The number of amides is 1. The second kappa shape index (κ2) is 6.54. The van der Waals surface area contributed by atoms with E-state index in [0.717, 1.165) is 39.9 Å². The number of aromatic nitrogens is 1. The Hall–Kier alpha value is -1.91. The molecule has 0 radical (unpaired) electrons. The highest BCUT2D eigenvalue weighted by molar-refractivity contribution is 7.19. The first-order chi connectivity index (χ1) is 11.2. The molecular weight excluding hydrogens is 340 g/mol. The van der Waals surface area contributed by atoms with Crippen molar-refractivity contribution in [2.24, 2.45) is 5.73 Å². The second-order valence-electron chi connectivity index (χ2n) is 6.07. The normalized spacial score (nSPS) is 13.4. The molecule has 2 heterocycles. The number of thiophene rings is 1. The minimum Gasteiger partial charge on any atom is -0.366 e. The highest BCUT2D eigenvalue weighted by atomic mass is 35.5. The van der Waals surface area contributed by atoms with Crippen LogP contribution >= 0.6 is 23.7 Å². The van der Waals surface area contributed by atoms with Crippen molar-refractivity contribution in [1.29, 1.82) is 0 Å². The van der Waals surface area contributed by atoms with Gasteiger partial charge in [-0.05, 0) is 43.7 Å². The Morgan fingerprint density at radius 2 is 1.88 bits per heavy atom. The average Bonchev–Trinajstić information content (AvgIpc) is 2.91. The van der Waals surface area contributed by atoms with Gasteiger partial charge in [0.1, 0.15) is 4.83 Å². The number of primary amides is 1. The maximum atomic E-state index is 12.1. The summed E-state index contributed by atoms with van der Waals surface area (Å²) in [7, 11) is 0. The van der Waals surface area contributed by atoms with Gasteiger partial charge in [-0.15, -0.1) is 23.7 Å². The van der Waals surface area contributed by atoms with Gasteiger partial charge in [0.05, 0.1) is 11.3 Å². The molecule has 0 bridgehead atoms. The quantitative estimate of drug-likeness (QED) is 0.723. The highest BCUT2D eigenvalue weighted by Crippen LogP contribution is 2.42. The van der Waals surface area contributed by atoms with E-state index in [-0.39, 0.29) is 12.4 Å². The van der Waals surface area contributed by atoms with Gasteiger partial charge in [0.2, 0.25) is 0 Å². The zero-order valence-corrected chi connectivity index (χ0v) is 15.1. The predicted octanol–water partition coefficient (Wildman–Crippen LogP) is 4.67. The Kier molecular flexibility index (Phi) is 4.61. The van der Waals surface area contributed by atoms with Gasteiger partial charge < -0.3 is 5.73 Å². The number of hydrogen-bond donors (Lipinski definition) is 1. The van der Waals surface area contributed by atoms with Gasteiger partial charge in [0.25, 0.3) is 5.91 Å². The number of nitrogens with two attached hydrogens (primary N) is 1. The number of fused-ring (bicyclic) bond motifs is 3. The van der Waals surface area contributed by atoms with Gasteiger partial charge in [-0.1, -0.05) is 30.3 Å². The van der Waals surface area contributed by atoms with E-state index in [2.05, 4.69) is 0 Å². The molecule has 0 aliphatic heterocycles. The maximum Gasteiger partial charge on any atom is 0.251 e. The number of nitrogens with zero attached hydrogens (tertiary/aromatic N) is 1. The number of aryl methyl sites for hydroxylation is 3. The second-order valence-corrected chi connectivity index (χ2v) is 7.15. The van der Waals surface area contributed by atoms with E-state index in [9.17, 15) is 4.79 Å². The lowest BCUT2D eigenvalue weighted by molar-refractivity contribution is 0.1000. The maximum absolute atomic E-state index is 12.1. The molecule has 0 unspecified atom stereocenters. The third-order valence-electron chi connectivity index (χ3n) is 4.59. The minimum absolute atomic E-state index is 0. The number of halogens is 1. The smallest absolute Gasteiger partial charge is 0.251 e. The molecule has 1 amide bonds. The number of benzene rings is 1. The van der Waals surface area contributed by atoms with Crippen LogP contribution in [-0.2, 0) is 12.8 Å². The van der Waals surface area contributed by atoms with E-state index in [1.807, 2.05) is 37.3 Å². The third kappa shape index (κ3) is 2.60. The summed E-state index contributed by atoms with van der Waals surface area (Å²) >= 11 is 1.78. The van der Waals surface area contributed by atoms with Gasteiger partial charge >= 0.3 is 0 Å². The van der Waals surface area contributed by atoms with Gasteiger partial charge in [-0.25, -0.2) is 4.98 Å². The number of pyridine rings is 1. The van der Waals surface area contributed by atoms with Crippen LogP contribution < -0.4 is 5.73 Å². The molecule has 0 saturated carbocycles. The molecule has 5 heteroatoms. The van der Waals surface area contributed by atoms with E-state index in [1.165, 1.54) is 23.3 Å². The largest absolute Gasteiger partial charge is 0.366 e. The summed E-state index contributed by atoms with van der Waals surface area (Å²) in [5.74, 6) is -0.397. The molecule has 3 aromatic rings. The topological polar surface area (TPSA) is 56.0 Å². The van der Waals surface area contributed by atoms with Crippen molar-refractivity contribution < 1.29 is 4.79 Å². The van der Waals surface area contributed by atoms with Crippen LogP contribution in [0, 0.1) is 6.92 Å². The lowest BCUT2D eigenvalue weighted by Gasteiger charge is -2.15. The first-order valence-electron chi connectivity index (χ1n) is 7.97. The molecule has 0 spiro atoms. The van der Waals surface area contributed by atoms with Gasteiger partial charge in [-0.3, -0.25) is 4.79 Å². The van der Waals surface area contributed by atoms with Crippen LogP contribution in [-0.4, -0.2) is 10.9 Å². The Morgan fingerprint density at radius 1 is 1.17 bits per heavy atom. The van der Waals surface area contributed by atoms with Crippen LogP contribution in [0.3, 0.4) is 0 Å². The Morgan fingerprint density at radius 3 is 2.58 bits per heavy atom. The predicted molar refractivity (Wildman–Crippen MR) is 102 cm³/mol. The summed E-state index contributed by atoms with van der Waals surface area (Å²) in [5, 5.41) is 1.15. The first-order valence-corrected chi connectivity index (χ1v) is 8.78. The van der Waals surface area contributed by atoms with E-state index in [0.29, 0.717) is 5.56 Å². The van der Waals surface area contributed by atoms with Gasteiger partial charge in [0, 0.05) is 15.8 Å². The zero-order valence-electron chi connectivity index (χ0n) is 13.5. The Bertz CT molecular complexity index is 918. The molecule has 1 aromatic carbocycles. The monoisotopic (exact) mass is 358 g/mol.